The molecule has 17 heavy (non-hydrogen) atoms. The molecule has 0 aliphatic heterocycles. The van der Waals surface area contributed by atoms with Gasteiger partial charge < -0.3 is 0 Å². The zero-order chi connectivity index (χ0) is 12.5. The number of halogens is 1. The van der Waals surface area contributed by atoms with Gasteiger partial charge >= 0.3 is 0 Å². The van der Waals surface area contributed by atoms with Crippen LogP contribution in [0.1, 0.15) is 45.4 Å². The van der Waals surface area contributed by atoms with Crippen LogP contribution < -0.4 is 5.32 Å². The maximum absolute atomic E-state index is 11.5. The minimum Gasteiger partial charge on any atom is -0.294 e. The number of carbonyl (C=O) groups is 1. The van der Waals surface area contributed by atoms with Crippen molar-refractivity contribution in [3.05, 3.63) is 17.4 Å². The first-order chi connectivity index (χ1) is 8.22. The van der Waals surface area contributed by atoms with E-state index in [1.807, 2.05) is 0 Å². The van der Waals surface area contributed by atoms with Gasteiger partial charge in [0, 0.05) is 12.6 Å². The molecule has 4 nitrogen and oxygen atoms in total. The summed E-state index contributed by atoms with van der Waals surface area (Å²) in [5.41, 5.74) is 0. The number of nitrogens with zero attached hydrogens (tertiary/aromatic N) is 2. The van der Waals surface area contributed by atoms with Gasteiger partial charge in [0.15, 0.2) is 0 Å². The monoisotopic (exact) mass is 255 g/mol. The van der Waals surface area contributed by atoms with Crippen molar-refractivity contribution in [1.29, 1.82) is 0 Å². The van der Waals surface area contributed by atoms with Gasteiger partial charge in [-0.25, -0.2) is 9.97 Å². The Hall–Kier alpha value is -1.16. The highest BCUT2D eigenvalue weighted by atomic mass is 35.5. The van der Waals surface area contributed by atoms with E-state index in [1.165, 1.54) is 25.5 Å². The summed E-state index contributed by atoms with van der Waals surface area (Å²) in [6, 6.07) is 1.57. The Kier molecular flexibility index (Phi) is 6.55. The summed E-state index contributed by atoms with van der Waals surface area (Å²) >= 11 is 5.69. The molecule has 94 valence electrons. The summed E-state index contributed by atoms with van der Waals surface area (Å²) in [6.45, 7) is 2.17. The number of hydrogen-bond donors (Lipinski definition) is 1. The molecule has 5 heteroatoms. The summed E-state index contributed by atoms with van der Waals surface area (Å²) in [4.78, 5) is 19.3. The molecule has 0 aromatic carbocycles. The third-order valence-corrected chi connectivity index (χ3v) is 2.59. The van der Waals surface area contributed by atoms with Crippen LogP contribution in [0, 0.1) is 0 Å². The van der Waals surface area contributed by atoms with Crippen LogP contribution in [-0.2, 0) is 4.79 Å². The molecule has 1 N–H and O–H groups in total. The third-order valence-electron chi connectivity index (χ3n) is 2.38. The van der Waals surface area contributed by atoms with Gasteiger partial charge in [0.25, 0.3) is 0 Å². The first kappa shape index (κ1) is 13.9. The van der Waals surface area contributed by atoms with Crippen LogP contribution in [0.15, 0.2) is 12.3 Å². The van der Waals surface area contributed by atoms with Crippen LogP contribution in [0.25, 0.3) is 0 Å². The van der Waals surface area contributed by atoms with E-state index in [-0.39, 0.29) is 11.9 Å². The molecule has 0 bridgehead atoms. The lowest BCUT2D eigenvalue weighted by Crippen LogP contribution is -2.13. The summed E-state index contributed by atoms with van der Waals surface area (Å²) in [5, 5.41) is 2.96. The molecule has 0 unspecified atom stereocenters. The number of unbranched alkanes of at least 4 members (excludes halogenated alkanes) is 4. The van der Waals surface area contributed by atoms with Crippen LogP contribution in [0.4, 0.5) is 5.95 Å². The van der Waals surface area contributed by atoms with Crippen LogP contribution in [0.5, 0.6) is 0 Å². The van der Waals surface area contributed by atoms with Gasteiger partial charge in [-0.2, -0.15) is 0 Å². The van der Waals surface area contributed by atoms with E-state index in [1.54, 1.807) is 6.07 Å². The SMILES string of the molecule is CCCCCCCC(=O)Nc1nccc(Cl)n1. The number of amides is 1. The maximum Gasteiger partial charge on any atom is 0.230 e. The highest BCUT2D eigenvalue weighted by molar-refractivity contribution is 6.29. The fraction of sp³-hybridized carbons (Fsp3) is 0.583. The normalized spacial score (nSPS) is 10.2. The Morgan fingerprint density at radius 3 is 2.82 bits per heavy atom. The second-order valence-electron chi connectivity index (χ2n) is 3.92. The van der Waals surface area contributed by atoms with Gasteiger partial charge in [-0.1, -0.05) is 44.2 Å². The Balaban J connectivity index is 2.21. The molecule has 1 heterocycles. The van der Waals surface area contributed by atoms with Gasteiger partial charge in [0.05, 0.1) is 0 Å². The molecule has 0 spiro atoms. The van der Waals surface area contributed by atoms with Crippen molar-refractivity contribution < 1.29 is 4.79 Å². The molecule has 1 amide bonds. The van der Waals surface area contributed by atoms with E-state index in [0.29, 0.717) is 11.6 Å². The van der Waals surface area contributed by atoms with Gasteiger partial charge in [-0.05, 0) is 12.5 Å². The number of hydrogen-bond acceptors (Lipinski definition) is 3. The summed E-state index contributed by atoms with van der Waals surface area (Å²) in [6.07, 6.45) is 7.68. The van der Waals surface area contributed by atoms with Crippen molar-refractivity contribution in [2.75, 3.05) is 5.32 Å². The number of carbonyl (C=O) groups excluding carboxylic acids is 1. The van der Waals surface area contributed by atoms with Crippen LogP contribution in [0.2, 0.25) is 5.15 Å². The molecule has 0 aliphatic carbocycles. The van der Waals surface area contributed by atoms with Crippen molar-refractivity contribution in [3.63, 3.8) is 0 Å². The predicted molar refractivity (Wildman–Crippen MR) is 69.0 cm³/mol. The first-order valence-corrected chi connectivity index (χ1v) is 6.38. The lowest BCUT2D eigenvalue weighted by Gasteiger charge is -2.03. The van der Waals surface area contributed by atoms with Crippen molar-refractivity contribution in [2.24, 2.45) is 0 Å². The van der Waals surface area contributed by atoms with Crippen LogP contribution >= 0.6 is 11.6 Å². The Morgan fingerprint density at radius 2 is 2.12 bits per heavy atom. The molecular weight excluding hydrogens is 238 g/mol. The highest BCUT2D eigenvalue weighted by Crippen LogP contribution is 2.08. The average Bonchev–Trinajstić information content (AvgIpc) is 2.29. The first-order valence-electron chi connectivity index (χ1n) is 6.00. The average molecular weight is 256 g/mol. The number of aromatic nitrogens is 2. The number of nitrogens with one attached hydrogen (secondary N) is 1. The van der Waals surface area contributed by atoms with Gasteiger partial charge in [-0.3, -0.25) is 10.1 Å². The second-order valence-corrected chi connectivity index (χ2v) is 4.30. The zero-order valence-electron chi connectivity index (χ0n) is 10.1. The summed E-state index contributed by atoms with van der Waals surface area (Å²) in [7, 11) is 0. The minimum atomic E-state index is -0.0521. The molecule has 1 aromatic rings. The van der Waals surface area contributed by atoms with E-state index in [9.17, 15) is 4.79 Å². The largest absolute Gasteiger partial charge is 0.294 e. The summed E-state index contributed by atoms with van der Waals surface area (Å²) in [5.74, 6) is 0.222. The van der Waals surface area contributed by atoms with Gasteiger partial charge in [-0.15, -0.1) is 0 Å². The lowest BCUT2D eigenvalue weighted by molar-refractivity contribution is -0.116. The Morgan fingerprint density at radius 1 is 1.35 bits per heavy atom. The van der Waals surface area contributed by atoms with E-state index in [0.717, 1.165) is 12.8 Å². The van der Waals surface area contributed by atoms with Crippen molar-refractivity contribution >= 4 is 23.5 Å². The maximum atomic E-state index is 11.5. The quantitative estimate of drug-likeness (QED) is 0.600. The number of anilines is 1. The number of rotatable bonds is 7. The fourth-order valence-corrected chi connectivity index (χ4v) is 1.61. The molecule has 1 aromatic heterocycles. The van der Waals surface area contributed by atoms with E-state index < -0.39 is 0 Å². The van der Waals surface area contributed by atoms with E-state index in [2.05, 4.69) is 22.2 Å². The molecule has 0 fully saturated rings. The predicted octanol–water partition coefficient (Wildman–Crippen LogP) is 3.43. The van der Waals surface area contributed by atoms with E-state index >= 15 is 0 Å². The highest BCUT2D eigenvalue weighted by Gasteiger charge is 2.04. The Bertz CT molecular complexity index is 357. The molecule has 0 radical (unpaired) electrons. The Labute approximate surface area is 107 Å². The lowest BCUT2D eigenvalue weighted by atomic mass is 10.1. The second kappa shape index (κ2) is 8.01. The smallest absolute Gasteiger partial charge is 0.230 e. The summed E-state index contributed by atoms with van der Waals surface area (Å²) < 4.78 is 0. The van der Waals surface area contributed by atoms with Crippen molar-refractivity contribution in [1.82, 2.24) is 9.97 Å². The van der Waals surface area contributed by atoms with Crippen LogP contribution in [-0.4, -0.2) is 15.9 Å². The molecular formula is C12H18ClN3O. The molecule has 0 atom stereocenters. The molecule has 1 rings (SSSR count). The van der Waals surface area contributed by atoms with Crippen molar-refractivity contribution in [2.45, 2.75) is 45.4 Å². The third kappa shape index (κ3) is 6.22. The zero-order valence-corrected chi connectivity index (χ0v) is 10.8. The minimum absolute atomic E-state index is 0.0521. The van der Waals surface area contributed by atoms with Gasteiger partial charge in [0.2, 0.25) is 11.9 Å². The van der Waals surface area contributed by atoms with Crippen molar-refractivity contribution in [3.8, 4) is 0 Å². The van der Waals surface area contributed by atoms with Crippen LogP contribution in [0.3, 0.4) is 0 Å². The standard InChI is InChI=1S/C12H18ClN3O/c1-2-3-4-5-6-7-11(17)16-12-14-9-8-10(13)15-12/h8-9H,2-7H2,1H3,(H,14,15,16,17). The van der Waals surface area contributed by atoms with E-state index in [4.69, 9.17) is 11.6 Å². The molecule has 0 saturated carbocycles. The fourth-order valence-electron chi connectivity index (χ4n) is 1.47. The molecule has 0 saturated heterocycles. The topological polar surface area (TPSA) is 54.9 Å². The van der Waals surface area contributed by atoms with Gasteiger partial charge in [0.1, 0.15) is 5.15 Å². The molecule has 0 aliphatic rings.